The number of alkyl halides is 2. The van der Waals surface area contributed by atoms with Crippen molar-refractivity contribution < 1.29 is 18.3 Å². The number of carbonyl (C=O) groups excluding carboxylic acids is 1. The van der Waals surface area contributed by atoms with Gasteiger partial charge in [0, 0.05) is 5.56 Å². The molecule has 0 heterocycles. The van der Waals surface area contributed by atoms with E-state index in [1.54, 1.807) is 6.07 Å². The fraction of sp³-hybridized carbons (Fsp3) is 0.200. The number of Topliss-reactive ketones (excluding diaryl/α,β-unsaturated/α-hetero) is 1. The largest absolute Gasteiger partial charge is 0.435 e. The van der Waals surface area contributed by atoms with Gasteiger partial charge in [0.25, 0.3) is 0 Å². The minimum absolute atomic E-state index is 0.0284. The van der Waals surface area contributed by atoms with Crippen LogP contribution in [0.2, 0.25) is 0 Å². The van der Waals surface area contributed by atoms with Crippen molar-refractivity contribution in [2.45, 2.75) is 13.5 Å². The predicted molar refractivity (Wildman–Crippen MR) is 47.8 cm³/mol. The Labute approximate surface area is 84.9 Å². The molecule has 0 unspecified atom stereocenters. The van der Waals surface area contributed by atoms with E-state index in [9.17, 15) is 13.6 Å². The Morgan fingerprint density at radius 2 is 2.20 bits per heavy atom. The van der Waals surface area contributed by atoms with Crippen molar-refractivity contribution in [2.75, 3.05) is 0 Å². The van der Waals surface area contributed by atoms with Crippen LogP contribution in [0.25, 0.3) is 0 Å². The van der Waals surface area contributed by atoms with Crippen LogP contribution in [-0.2, 0) is 0 Å². The van der Waals surface area contributed by atoms with Crippen molar-refractivity contribution in [3.8, 4) is 11.8 Å². The summed E-state index contributed by atoms with van der Waals surface area (Å²) in [4.78, 5) is 11.0. The van der Waals surface area contributed by atoms with Gasteiger partial charge in [0.15, 0.2) is 5.78 Å². The van der Waals surface area contributed by atoms with Gasteiger partial charge in [-0.05, 0) is 25.1 Å². The first kappa shape index (κ1) is 11.1. The molecule has 0 radical (unpaired) electrons. The number of carbonyl (C=O) groups is 1. The Kier molecular flexibility index (Phi) is 3.34. The van der Waals surface area contributed by atoms with Gasteiger partial charge in [0.1, 0.15) is 11.8 Å². The summed E-state index contributed by atoms with van der Waals surface area (Å²) in [6, 6.07) is 5.38. The molecule has 0 saturated carbocycles. The molecule has 15 heavy (non-hydrogen) atoms. The lowest BCUT2D eigenvalue weighted by molar-refractivity contribution is -0.0498. The van der Waals surface area contributed by atoms with E-state index in [-0.39, 0.29) is 22.7 Å². The lowest BCUT2D eigenvalue weighted by Gasteiger charge is -2.05. The number of halogens is 2. The third-order valence-electron chi connectivity index (χ3n) is 1.72. The zero-order valence-electron chi connectivity index (χ0n) is 7.83. The second kappa shape index (κ2) is 4.51. The van der Waals surface area contributed by atoms with Gasteiger partial charge in [-0.2, -0.15) is 14.0 Å². The molecule has 0 spiro atoms. The normalized spacial score (nSPS) is 9.80. The molecule has 0 saturated heterocycles. The molecule has 1 aromatic rings. The summed E-state index contributed by atoms with van der Waals surface area (Å²) >= 11 is 0. The third-order valence-corrected chi connectivity index (χ3v) is 1.72. The Bertz CT molecular complexity index is 424. The highest BCUT2D eigenvalue weighted by Crippen LogP contribution is 2.19. The van der Waals surface area contributed by atoms with Crippen molar-refractivity contribution in [1.82, 2.24) is 0 Å². The van der Waals surface area contributed by atoms with E-state index in [2.05, 4.69) is 4.74 Å². The van der Waals surface area contributed by atoms with Gasteiger partial charge < -0.3 is 4.74 Å². The van der Waals surface area contributed by atoms with Gasteiger partial charge in [0.05, 0.1) is 5.56 Å². The van der Waals surface area contributed by atoms with Crippen LogP contribution in [0.15, 0.2) is 18.2 Å². The van der Waals surface area contributed by atoms with Crippen LogP contribution in [0.1, 0.15) is 22.8 Å². The number of rotatable bonds is 3. The fourth-order valence-corrected chi connectivity index (χ4v) is 1.10. The van der Waals surface area contributed by atoms with Crippen LogP contribution in [0.4, 0.5) is 8.78 Å². The zero-order chi connectivity index (χ0) is 11.4. The van der Waals surface area contributed by atoms with Gasteiger partial charge >= 0.3 is 6.61 Å². The maximum absolute atomic E-state index is 11.8. The van der Waals surface area contributed by atoms with Crippen LogP contribution in [0, 0.1) is 11.3 Å². The summed E-state index contributed by atoms with van der Waals surface area (Å²) in [6.45, 7) is -1.65. The molecule has 0 atom stereocenters. The molecule has 1 rings (SSSR count). The van der Waals surface area contributed by atoms with Gasteiger partial charge in [-0.25, -0.2) is 0 Å². The Morgan fingerprint density at radius 1 is 1.53 bits per heavy atom. The van der Waals surface area contributed by atoms with E-state index < -0.39 is 6.61 Å². The summed E-state index contributed by atoms with van der Waals surface area (Å²) in [6.07, 6.45) is 0. The third kappa shape index (κ3) is 2.74. The highest BCUT2D eigenvalue weighted by Gasteiger charge is 2.10. The summed E-state index contributed by atoms with van der Waals surface area (Å²) in [5, 5.41) is 8.68. The number of hydrogen-bond donors (Lipinski definition) is 0. The standard InChI is InChI=1S/C10H7F2NO2/c1-6(14)9-3-2-8(15-10(11)12)4-7(9)5-13/h2-4,10H,1H3. The quantitative estimate of drug-likeness (QED) is 0.721. The van der Waals surface area contributed by atoms with Crippen LogP contribution in [-0.4, -0.2) is 12.4 Å². The predicted octanol–water partition coefficient (Wildman–Crippen LogP) is 2.36. The van der Waals surface area contributed by atoms with Crippen LogP contribution in [0.5, 0.6) is 5.75 Å². The fourth-order valence-electron chi connectivity index (χ4n) is 1.10. The molecule has 0 bridgehead atoms. The zero-order valence-corrected chi connectivity index (χ0v) is 7.83. The lowest BCUT2D eigenvalue weighted by Crippen LogP contribution is -2.03. The maximum atomic E-state index is 11.8. The Balaban J connectivity index is 3.09. The molecule has 0 aromatic heterocycles. The van der Waals surface area contributed by atoms with Crippen molar-refractivity contribution in [3.63, 3.8) is 0 Å². The molecule has 0 aliphatic heterocycles. The molecule has 78 valence electrons. The van der Waals surface area contributed by atoms with Crippen molar-refractivity contribution in [1.29, 1.82) is 5.26 Å². The first-order valence-electron chi connectivity index (χ1n) is 4.04. The maximum Gasteiger partial charge on any atom is 0.387 e. The van der Waals surface area contributed by atoms with Gasteiger partial charge in [-0.1, -0.05) is 0 Å². The van der Waals surface area contributed by atoms with E-state index in [1.165, 1.54) is 19.1 Å². The SMILES string of the molecule is CC(=O)c1ccc(OC(F)F)cc1C#N. The van der Waals surface area contributed by atoms with Gasteiger partial charge in [-0.15, -0.1) is 0 Å². The summed E-state index contributed by atoms with van der Waals surface area (Å²) in [5.41, 5.74) is 0.222. The molecule has 5 heteroatoms. The van der Waals surface area contributed by atoms with Gasteiger partial charge in [0.2, 0.25) is 0 Å². The summed E-state index contributed by atoms with van der Waals surface area (Å²) in [5.74, 6) is -0.429. The lowest BCUT2D eigenvalue weighted by atomic mass is 10.1. The number of nitrogens with zero attached hydrogens (tertiary/aromatic N) is 1. The monoisotopic (exact) mass is 211 g/mol. The second-order valence-electron chi connectivity index (χ2n) is 2.75. The van der Waals surface area contributed by atoms with E-state index in [4.69, 9.17) is 5.26 Å². The molecule has 0 aliphatic rings. The van der Waals surface area contributed by atoms with Crippen molar-refractivity contribution in [2.24, 2.45) is 0 Å². The number of benzene rings is 1. The molecule has 3 nitrogen and oxygen atoms in total. The highest BCUT2D eigenvalue weighted by molar-refractivity contribution is 5.96. The molecule has 0 amide bonds. The first-order chi connectivity index (χ1) is 7.04. The second-order valence-corrected chi connectivity index (χ2v) is 2.75. The molecular weight excluding hydrogens is 204 g/mol. The Morgan fingerprint density at radius 3 is 2.67 bits per heavy atom. The van der Waals surface area contributed by atoms with E-state index >= 15 is 0 Å². The highest BCUT2D eigenvalue weighted by atomic mass is 19.3. The average Bonchev–Trinajstić information content (AvgIpc) is 2.16. The van der Waals surface area contributed by atoms with Crippen molar-refractivity contribution in [3.05, 3.63) is 29.3 Å². The van der Waals surface area contributed by atoms with Crippen LogP contribution >= 0.6 is 0 Å². The first-order valence-corrected chi connectivity index (χ1v) is 4.04. The van der Waals surface area contributed by atoms with Crippen molar-refractivity contribution >= 4 is 5.78 Å². The van der Waals surface area contributed by atoms with E-state index in [0.29, 0.717) is 0 Å². The Hall–Kier alpha value is -1.96. The smallest absolute Gasteiger partial charge is 0.387 e. The van der Waals surface area contributed by atoms with E-state index in [0.717, 1.165) is 6.07 Å². The van der Waals surface area contributed by atoms with E-state index in [1.807, 2.05) is 0 Å². The molecular formula is C10H7F2NO2. The van der Waals surface area contributed by atoms with Crippen LogP contribution in [0.3, 0.4) is 0 Å². The average molecular weight is 211 g/mol. The van der Waals surface area contributed by atoms with Gasteiger partial charge in [-0.3, -0.25) is 4.79 Å². The van der Waals surface area contributed by atoms with Crippen LogP contribution < -0.4 is 4.74 Å². The summed E-state index contributed by atoms with van der Waals surface area (Å²) in [7, 11) is 0. The number of ketones is 1. The number of hydrogen-bond acceptors (Lipinski definition) is 3. The molecule has 0 fully saturated rings. The molecule has 1 aromatic carbocycles. The number of nitriles is 1. The molecule has 0 aliphatic carbocycles. The molecule has 0 N–H and O–H groups in total. The minimum atomic E-state index is -2.94. The minimum Gasteiger partial charge on any atom is -0.435 e. The summed E-state index contributed by atoms with van der Waals surface area (Å²) < 4.78 is 27.8. The number of ether oxygens (including phenoxy) is 1. The topological polar surface area (TPSA) is 50.1 Å².